The standard InChI is InChI=1S/C19H22N4O2.ClH/c1-13(21-18(24)15-11-20-12-15)14-7-9-17(10-8-14)23-19(25)22-16-5-3-2-4-6-16;/h2-10,13,15,20H,11-12H2,1H3,(H,21,24)(H2,22,23,25);1H. The molecule has 0 aromatic heterocycles. The van der Waals surface area contributed by atoms with E-state index in [0.29, 0.717) is 5.69 Å². The van der Waals surface area contributed by atoms with E-state index in [1.807, 2.05) is 61.5 Å². The summed E-state index contributed by atoms with van der Waals surface area (Å²) in [7, 11) is 0. The topological polar surface area (TPSA) is 82.3 Å². The summed E-state index contributed by atoms with van der Waals surface area (Å²) in [6.07, 6.45) is 0. The molecule has 0 saturated carbocycles. The molecule has 0 spiro atoms. The molecule has 3 rings (SSSR count). The van der Waals surface area contributed by atoms with Gasteiger partial charge in [-0.3, -0.25) is 4.79 Å². The number of benzene rings is 2. The number of amides is 3. The molecule has 7 heteroatoms. The van der Waals surface area contributed by atoms with Crippen LogP contribution in [0.4, 0.5) is 16.2 Å². The minimum Gasteiger partial charge on any atom is -0.349 e. The Morgan fingerprint density at radius 3 is 2.08 bits per heavy atom. The molecule has 2 aromatic carbocycles. The van der Waals surface area contributed by atoms with Crippen LogP contribution in [-0.2, 0) is 4.79 Å². The summed E-state index contributed by atoms with van der Waals surface area (Å²) in [5, 5.41) is 11.7. The third kappa shape index (κ3) is 5.21. The van der Waals surface area contributed by atoms with Gasteiger partial charge >= 0.3 is 6.03 Å². The van der Waals surface area contributed by atoms with E-state index in [9.17, 15) is 9.59 Å². The smallest absolute Gasteiger partial charge is 0.323 e. The van der Waals surface area contributed by atoms with Crippen molar-refractivity contribution >= 4 is 35.7 Å². The van der Waals surface area contributed by atoms with Crippen molar-refractivity contribution in [2.24, 2.45) is 5.92 Å². The summed E-state index contributed by atoms with van der Waals surface area (Å²) in [6.45, 7) is 3.45. The molecule has 3 amide bonds. The maximum Gasteiger partial charge on any atom is 0.323 e. The number of hydrogen-bond acceptors (Lipinski definition) is 3. The number of anilines is 2. The quantitative estimate of drug-likeness (QED) is 0.648. The van der Waals surface area contributed by atoms with Crippen LogP contribution in [0, 0.1) is 5.92 Å². The third-order valence-electron chi connectivity index (χ3n) is 4.21. The fourth-order valence-corrected chi connectivity index (χ4v) is 2.56. The summed E-state index contributed by atoms with van der Waals surface area (Å²) in [4.78, 5) is 24.0. The molecule has 1 aliphatic rings. The summed E-state index contributed by atoms with van der Waals surface area (Å²) >= 11 is 0. The number of para-hydroxylation sites is 1. The second kappa shape index (κ2) is 9.22. The lowest BCUT2D eigenvalue weighted by Gasteiger charge is -2.27. The monoisotopic (exact) mass is 374 g/mol. The van der Waals surface area contributed by atoms with E-state index in [0.717, 1.165) is 24.3 Å². The largest absolute Gasteiger partial charge is 0.349 e. The van der Waals surface area contributed by atoms with Crippen LogP contribution in [-0.4, -0.2) is 25.0 Å². The van der Waals surface area contributed by atoms with Crippen LogP contribution in [0.25, 0.3) is 0 Å². The molecule has 4 N–H and O–H groups in total. The molecular weight excluding hydrogens is 352 g/mol. The van der Waals surface area contributed by atoms with Gasteiger partial charge in [0.2, 0.25) is 5.91 Å². The fourth-order valence-electron chi connectivity index (χ4n) is 2.56. The van der Waals surface area contributed by atoms with Crippen molar-refractivity contribution in [3.63, 3.8) is 0 Å². The SMILES string of the molecule is CC(NC(=O)C1CNC1)c1ccc(NC(=O)Nc2ccccc2)cc1.Cl. The highest BCUT2D eigenvalue weighted by Gasteiger charge is 2.25. The van der Waals surface area contributed by atoms with E-state index >= 15 is 0 Å². The highest BCUT2D eigenvalue weighted by molar-refractivity contribution is 5.99. The second-order valence-electron chi connectivity index (χ2n) is 6.15. The lowest BCUT2D eigenvalue weighted by atomic mass is 10.0. The van der Waals surface area contributed by atoms with Crippen LogP contribution >= 0.6 is 12.4 Å². The molecule has 26 heavy (non-hydrogen) atoms. The highest BCUT2D eigenvalue weighted by Crippen LogP contribution is 2.17. The van der Waals surface area contributed by atoms with Crippen LogP contribution in [0.3, 0.4) is 0 Å². The molecule has 6 nitrogen and oxygen atoms in total. The van der Waals surface area contributed by atoms with E-state index in [1.165, 1.54) is 0 Å². The maximum absolute atomic E-state index is 12.0. The van der Waals surface area contributed by atoms with Crippen molar-refractivity contribution in [1.29, 1.82) is 0 Å². The molecule has 138 valence electrons. The predicted octanol–water partition coefficient (Wildman–Crippen LogP) is 3.15. The Morgan fingerprint density at radius 2 is 1.54 bits per heavy atom. The van der Waals surface area contributed by atoms with Crippen molar-refractivity contribution in [1.82, 2.24) is 10.6 Å². The van der Waals surface area contributed by atoms with Gasteiger partial charge in [-0.05, 0) is 36.8 Å². The van der Waals surface area contributed by atoms with Crippen molar-refractivity contribution in [3.05, 3.63) is 60.2 Å². The number of nitrogens with one attached hydrogen (secondary N) is 4. The predicted molar refractivity (Wildman–Crippen MR) is 106 cm³/mol. The molecule has 1 atom stereocenters. The average Bonchev–Trinajstić information content (AvgIpc) is 2.54. The van der Waals surface area contributed by atoms with E-state index in [2.05, 4.69) is 21.3 Å². The van der Waals surface area contributed by atoms with Gasteiger partial charge in [0.05, 0.1) is 12.0 Å². The van der Waals surface area contributed by atoms with Crippen molar-refractivity contribution in [2.45, 2.75) is 13.0 Å². The Morgan fingerprint density at radius 1 is 0.962 bits per heavy atom. The first-order valence-electron chi connectivity index (χ1n) is 8.36. The number of hydrogen-bond donors (Lipinski definition) is 4. The van der Waals surface area contributed by atoms with Crippen LogP contribution < -0.4 is 21.3 Å². The highest BCUT2D eigenvalue weighted by atomic mass is 35.5. The molecule has 2 aromatic rings. The van der Waals surface area contributed by atoms with E-state index in [4.69, 9.17) is 0 Å². The minimum atomic E-state index is -0.294. The van der Waals surface area contributed by atoms with Crippen LogP contribution in [0.2, 0.25) is 0 Å². The summed E-state index contributed by atoms with van der Waals surface area (Å²) in [6, 6.07) is 16.4. The molecule has 0 aliphatic carbocycles. The van der Waals surface area contributed by atoms with Gasteiger partial charge in [0, 0.05) is 24.5 Å². The van der Waals surface area contributed by atoms with Gasteiger partial charge < -0.3 is 21.3 Å². The van der Waals surface area contributed by atoms with Gasteiger partial charge in [-0.25, -0.2) is 4.79 Å². The summed E-state index contributed by atoms with van der Waals surface area (Å²) < 4.78 is 0. The molecule has 0 bridgehead atoms. The lowest BCUT2D eigenvalue weighted by molar-refractivity contribution is -0.127. The normalized spacial score (nSPS) is 14.3. The molecule has 1 saturated heterocycles. The zero-order valence-electron chi connectivity index (χ0n) is 14.5. The van der Waals surface area contributed by atoms with Crippen LogP contribution in [0.5, 0.6) is 0 Å². The van der Waals surface area contributed by atoms with Crippen LogP contribution in [0.15, 0.2) is 54.6 Å². The Kier molecular flexibility index (Phi) is 7.00. The second-order valence-corrected chi connectivity index (χ2v) is 6.15. The molecule has 1 aliphatic heterocycles. The number of rotatable bonds is 5. The first-order valence-corrected chi connectivity index (χ1v) is 8.36. The number of halogens is 1. The van der Waals surface area contributed by atoms with Gasteiger partial charge in [-0.1, -0.05) is 30.3 Å². The fraction of sp³-hybridized carbons (Fsp3) is 0.263. The third-order valence-corrected chi connectivity index (χ3v) is 4.21. The Bertz CT molecular complexity index is 733. The first-order chi connectivity index (χ1) is 12.1. The Balaban J connectivity index is 0.00000243. The van der Waals surface area contributed by atoms with Crippen molar-refractivity contribution in [2.75, 3.05) is 23.7 Å². The van der Waals surface area contributed by atoms with Gasteiger partial charge in [0.25, 0.3) is 0 Å². The van der Waals surface area contributed by atoms with Gasteiger partial charge in [-0.15, -0.1) is 12.4 Å². The van der Waals surface area contributed by atoms with Crippen LogP contribution in [0.1, 0.15) is 18.5 Å². The van der Waals surface area contributed by atoms with E-state index in [1.54, 1.807) is 0 Å². The van der Waals surface area contributed by atoms with E-state index in [-0.39, 0.29) is 36.3 Å². The minimum absolute atomic E-state index is 0. The zero-order valence-corrected chi connectivity index (χ0v) is 15.3. The molecule has 1 unspecified atom stereocenters. The maximum atomic E-state index is 12.0. The average molecular weight is 375 g/mol. The Labute approximate surface area is 159 Å². The van der Waals surface area contributed by atoms with Crippen molar-refractivity contribution < 1.29 is 9.59 Å². The zero-order chi connectivity index (χ0) is 17.6. The lowest BCUT2D eigenvalue weighted by Crippen LogP contribution is -2.51. The molecule has 0 radical (unpaired) electrons. The summed E-state index contributed by atoms with van der Waals surface area (Å²) in [5.41, 5.74) is 2.42. The first kappa shape index (κ1) is 19.8. The van der Waals surface area contributed by atoms with Gasteiger partial charge in [0.1, 0.15) is 0 Å². The number of carbonyl (C=O) groups is 2. The van der Waals surface area contributed by atoms with E-state index < -0.39 is 0 Å². The molecular formula is C19H23ClN4O2. The van der Waals surface area contributed by atoms with Gasteiger partial charge in [-0.2, -0.15) is 0 Å². The number of urea groups is 1. The number of carbonyl (C=O) groups excluding carboxylic acids is 2. The summed E-state index contributed by atoms with van der Waals surface area (Å²) in [5.74, 6) is 0.153. The van der Waals surface area contributed by atoms with Crippen molar-refractivity contribution in [3.8, 4) is 0 Å². The Hall–Kier alpha value is -2.57. The molecule has 1 fully saturated rings. The molecule has 1 heterocycles. The van der Waals surface area contributed by atoms with Gasteiger partial charge in [0.15, 0.2) is 0 Å².